The van der Waals surface area contributed by atoms with Crippen LogP contribution in [0.2, 0.25) is 0 Å². The van der Waals surface area contributed by atoms with Crippen molar-refractivity contribution in [2.24, 2.45) is 0 Å². The standard InChI is InChI=1S/C25H31FN2O3/c1-30-16-8-14-27(19-23(29)20-31-24-11-3-2-4-12-24)18-22-10-7-15-28(22)17-21-9-5-6-13-25(21)26/h2-7,9-13,15,23,29H,8,14,16-20H2,1H3/t23-/m1/s1. The van der Waals surface area contributed by atoms with Gasteiger partial charge in [-0.05, 0) is 36.8 Å². The number of hydrogen-bond acceptors (Lipinski definition) is 4. The summed E-state index contributed by atoms with van der Waals surface area (Å²) in [5.41, 5.74) is 1.72. The lowest BCUT2D eigenvalue weighted by Crippen LogP contribution is -2.36. The molecule has 1 atom stereocenters. The van der Waals surface area contributed by atoms with E-state index in [4.69, 9.17) is 9.47 Å². The highest BCUT2D eigenvalue weighted by Crippen LogP contribution is 2.14. The molecule has 0 unspecified atom stereocenters. The second-order valence-electron chi connectivity index (χ2n) is 7.58. The van der Waals surface area contributed by atoms with E-state index in [9.17, 15) is 9.50 Å². The summed E-state index contributed by atoms with van der Waals surface area (Å²) >= 11 is 0. The third-order valence-electron chi connectivity index (χ3n) is 5.09. The largest absolute Gasteiger partial charge is 0.491 e. The number of methoxy groups -OCH3 is 1. The minimum Gasteiger partial charge on any atom is -0.491 e. The molecule has 0 saturated carbocycles. The summed E-state index contributed by atoms with van der Waals surface area (Å²) in [7, 11) is 1.69. The van der Waals surface area contributed by atoms with Crippen molar-refractivity contribution >= 4 is 0 Å². The molecule has 0 aliphatic carbocycles. The number of aliphatic hydroxyl groups is 1. The number of rotatable bonds is 13. The van der Waals surface area contributed by atoms with E-state index in [1.165, 1.54) is 6.07 Å². The molecule has 1 heterocycles. The average molecular weight is 427 g/mol. The maximum absolute atomic E-state index is 14.1. The van der Waals surface area contributed by atoms with Crippen LogP contribution in [0.5, 0.6) is 5.75 Å². The van der Waals surface area contributed by atoms with Crippen LogP contribution in [-0.2, 0) is 17.8 Å². The maximum Gasteiger partial charge on any atom is 0.128 e. The van der Waals surface area contributed by atoms with Gasteiger partial charge in [-0.3, -0.25) is 4.90 Å². The van der Waals surface area contributed by atoms with Crippen LogP contribution in [-0.4, -0.2) is 54.1 Å². The minimum atomic E-state index is -0.627. The molecule has 5 nitrogen and oxygen atoms in total. The van der Waals surface area contributed by atoms with Gasteiger partial charge in [-0.15, -0.1) is 0 Å². The molecule has 0 aliphatic rings. The van der Waals surface area contributed by atoms with Gasteiger partial charge in [0.1, 0.15) is 24.3 Å². The number of nitrogens with zero attached hydrogens (tertiary/aromatic N) is 2. The van der Waals surface area contributed by atoms with Crippen molar-refractivity contribution in [2.75, 3.05) is 33.4 Å². The quantitative estimate of drug-likeness (QED) is 0.421. The van der Waals surface area contributed by atoms with E-state index in [0.717, 1.165) is 24.4 Å². The molecule has 6 heteroatoms. The first kappa shape index (κ1) is 23.0. The predicted octanol–water partition coefficient (Wildman–Crippen LogP) is 3.95. The topological polar surface area (TPSA) is 46.9 Å². The number of hydrogen-bond donors (Lipinski definition) is 1. The molecule has 0 bridgehead atoms. The molecule has 0 aliphatic heterocycles. The Bertz CT molecular complexity index is 901. The van der Waals surface area contributed by atoms with E-state index >= 15 is 0 Å². The maximum atomic E-state index is 14.1. The summed E-state index contributed by atoms with van der Waals surface area (Å²) in [6, 6.07) is 20.3. The summed E-state index contributed by atoms with van der Waals surface area (Å²) in [4.78, 5) is 2.19. The third-order valence-corrected chi connectivity index (χ3v) is 5.09. The molecule has 1 N–H and O–H groups in total. The molecule has 1 aromatic heterocycles. The van der Waals surface area contributed by atoms with Gasteiger partial charge in [-0.1, -0.05) is 36.4 Å². The van der Waals surface area contributed by atoms with Crippen molar-refractivity contribution in [3.63, 3.8) is 0 Å². The highest BCUT2D eigenvalue weighted by Gasteiger charge is 2.15. The van der Waals surface area contributed by atoms with Crippen LogP contribution in [0.4, 0.5) is 4.39 Å². The van der Waals surface area contributed by atoms with Gasteiger partial charge in [0.05, 0.1) is 6.54 Å². The van der Waals surface area contributed by atoms with E-state index in [-0.39, 0.29) is 12.4 Å². The Morgan fingerprint density at radius 1 is 1.03 bits per heavy atom. The van der Waals surface area contributed by atoms with Gasteiger partial charge in [-0.2, -0.15) is 0 Å². The molecule has 166 valence electrons. The molecule has 0 amide bonds. The van der Waals surface area contributed by atoms with Gasteiger partial charge in [0, 0.05) is 50.8 Å². The minimum absolute atomic E-state index is 0.201. The first-order valence-electron chi connectivity index (χ1n) is 10.6. The van der Waals surface area contributed by atoms with Crippen LogP contribution >= 0.6 is 0 Å². The zero-order valence-corrected chi connectivity index (χ0v) is 18.0. The van der Waals surface area contributed by atoms with E-state index in [1.807, 2.05) is 54.7 Å². The fourth-order valence-corrected chi connectivity index (χ4v) is 3.51. The zero-order chi connectivity index (χ0) is 21.9. The van der Waals surface area contributed by atoms with Crippen LogP contribution in [0.1, 0.15) is 17.7 Å². The van der Waals surface area contributed by atoms with Gasteiger partial charge in [0.25, 0.3) is 0 Å². The van der Waals surface area contributed by atoms with Crippen molar-refractivity contribution in [3.05, 3.63) is 90.0 Å². The Morgan fingerprint density at radius 2 is 1.81 bits per heavy atom. The van der Waals surface area contributed by atoms with Crippen molar-refractivity contribution in [2.45, 2.75) is 25.6 Å². The molecule has 31 heavy (non-hydrogen) atoms. The van der Waals surface area contributed by atoms with Gasteiger partial charge in [0.2, 0.25) is 0 Å². The Labute approximate surface area is 183 Å². The highest BCUT2D eigenvalue weighted by molar-refractivity contribution is 5.21. The monoisotopic (exact) mass is 426 g/mol. The van der Waals surface area contributed by atoms with E-state index in [1.54, 1.807) is 19.2 Å². The average Bonchev–Trinajstić information content (AvgIpc) is 3.21. The second kappa shape index (κ2) is 12.2. The Balaban J connectivity index is 1.61. The fourth-order valence-electron chi connectivity index (χ4n) is 3.51. The van der Waals surface area contributed by atoms with Gasteiger partial charge in [0.15, 0.2) is 0 Å². The normalized spacial score (nSPS) is 12.3. The summed E-state index contributed by atoms with van der Waals surface area (Å²) in [6.45, 7) is 3.25. The van der Waals surface area contributed by atoms with E-state index in [2.05, 4.69) is 9.47 Å². The molecule has 3 aromatic rings. The lowest BCUT2D eigenvalue weighted by Gasteiger charge is -2.26. The molecule has 0 saturated heterocycles. The van der Waals surface area contributed by atoms with Crippen molar-refractivity contribution < 1.29 is 19.0 Å². The van der Waals surface area contributed by atoms with Crippen LogP contribution < -0.4 is 4.74 Å². The molecule has 0 spiro atoms. The summed E-state index contributed by atoms with van der Waals surface area (Å²) < 4.78 is 27.0. The Morgan fingerprint density at radius 3 is 2.58 bits per heavy atom. The van der Waals surface area contributed by atoms with Gasteiger partial charge in [-0.25, -0.2) is 4.39 Å². The van der Waals surface area contributed by atoms with Gasteiger partial charge < -0.3 is 19.1 Å². The molecule has 0 fully saturated rings. The number of benzene rings is 2. The van der Waals surface area contributed by atoms with Gasteiger partial charge >= 0.3 is 0 Å². The van der Waals surface area contributed by atoms with E-state index < -0.39 is 6.10 Å². The number of aromatic nitrogens is 1. The lowest BCUT2D eigenvalue weighted by molar-refractivity contribution is 0.0610. The van der Waals surface area contributed by atoms with Crippen LogP contribution in [0.3, 0.4) is 0 Å². The molecular weight excluding hydrogens is 395 g/mol. The smallest absolute Gasteiger partial charge is 0.128 e. The van der Waals surface area contributed by atoms with Crippen molar-refractivity contribution in [1.82, 2.24) is 9.47 Å². The Hall–Kier alpha value is -2.67. The molecular formula is C25H31FN2O3. The number of halogens is 1. The van der Waals surface area contributed by atoms with Crippen LogP contribution in [0.15, 0.2) is 72.9 Å². The summed E-state index contributed by atoms with van der Waals surface area (Å²) in [5.74, 6) is 0.541. The molecule has 3 rings (SSSR count). The Kier molecular flexibility index (Phi) is 9.09. The van der Waals surface area contributed by atoms with Crippen molar-refractivity contribution in [3.8, 4) is 5.75 Å². The van der Waals surface area contributed by atoms with E-state index in [0.29, 0.717) is 31.8 Å². The van der Waals surface area contributed by atoms with Crippen LogP contribution in [0, 0.1) is 5.82 Å². The first-order chi connectivity index (χ1) is 15.2. The fraction of sp³-hybridized carbons (Fsp3) is 0.360. The summed E-state index contributed by atoms with van der Waals surface area (Å²) in [6.07, 6.45) is 2.19. The SMILES string of the molecule is COCCCN(Cc1cccn1Cc1ccccc1F)C[C@@H](O)COc1ccccc1. The lowest BCUT2D eigenvalue weighted by atomic mass is 10.2. The predicted molar refractivity (Wildman–Crippen MR) is 120 cm³/mol. The number of ether oxygens (including phenoxy) is 2. The molecule has 2 aromatic carbocycles. The molecule has 0 radical (unpaired) electrons. The zero-order valence-electron chi connectivity index (χ0n) is 18.0. The first-order valence-corrected chi connectivity index (χ1v) is 10.6. The van der Waals surface area contributed by atoms with Crippen LogP contribution in [0.25, 0.3) is 0 Å². The number of para-hydroxylation sites is 1. The summed E-state index contributed by atoms with van der Waals surface area (Å²) in [5, 5.41) is 10.6. The third kappa shape index (κ3) is 7.51. The second-order valence-corrected chi connectivity index (χ2v) is 7.58. The van der Waals surface area contributed by atoms with Crippen molar-refractivity contribution in [1.29, 1.82) is 0 Å². The highest BCUT2D eigenvalue weighted by atomic mass is 19.1. The number of aliphatic hydroxyl groups excluding tert-OH is 1.